The Morgan fingerprint density at radius 2 is 2.42 bits per heavy atom. The van der Waals surface area contributed by atoms with Crippen molar-refractivity contribution in [3.05, 3.63) is 28.2 Å². The lowest BCUT2D eigenvalue weighted by molar-refractivity contribution is 1.06. The molecule has 12 heavy (non-hydrogen) atoms. The van der Waals surface area contributed by atoms with Crippen LogP contribution in [0.2, 0.25) is 5.02 Å². The predicted molar refractivity (Wildman–Crippen MR) is 54.0 cm³/mol. The van der Waals surface area contributed by atoms with Gasteiger partial charge in [-0.1, -0.05) is 18.5 Å². The highest BCUT2D eigenvalue weighted by atomic mass is 35.5. The van der Waals surface area contributed by atoms with E-state index >= 15 is 0 Å². The summed E-state index contributed by atoms with van der Waals surface area (Å²) < 4.78 is 1.09. The highest BCUT2D eigenvalue weighted by Crippen LogP contribution is 2.27. The van der Waals surface area contributed by atoms with E-state index < -0.39 is 0 Å². The number of hydrogen-bond acceptors (Lipinski definition) is 2. The van der Waals surface area contributed by atoms with Gasteiger partial charge in [-0.05, 0) is 23.9 Å². The van der Waals surface area contributed by atoms with Gasteiger partial charge in [0.25, 0.3) is 0 Å². The minimum absolute atomic E-state index is 0.826. The Balaban J connectivity index is 2.75. The third-order valence-electron chi connectivity index (χ3n) is 1.78. The fourth-order valence-corrected chi connectivity index (χ4v) is 2.24. The minimum atomic E-state index is 0.826. The molecule has 0 saturated carbocycles. The van der Waals surface area contributed by atoms with E-state index in [1.54, 1.807) is 11.3 Å². The van der Waals surface area contributed by atoms with E-state index in [2.05, 4.69) is 11.9 Å². The van der Waals surface area contributed by atoms with Gasteiger partial charge < -0.3 is 0 Å². The number of aryl methyl sites for hydroxylation is 1. The standard InChI is InChI=1S/C9H8ClNS/c1-2-6-5-7(10)9-8(11-6)3-4-12-9/h3-5H,2H2,1H3. The molecule has 0 aliphatic carbocycles. The van der Waals surface area contributed by atoms with E-state index in [9.17, 15) is 0 Å². The fraction of sp³-hybridized carbons (Fsp3) is 0.222. The van der Waals surface area contributed by atoms with Gasteiger partial charge >= 0.3 is 0 Å². The zero-order chi connectivity index (χ0) is 8.55. The highest BCUT2D eigenvalue weighted by Gasteiger charge is 2.03. The van der Waals surface area contributed by atoms with E-state index in [0.29, 0.717) is 0 Å². The summed E-state index contributed by atoms with van der Waals surface area (Å²) in [5.74, 6) is 0. The van der Waals surface area contributed by atoms with Crippen molar-refractivity contribution in [3.63, 3.8) is 0 Å². The SMILES string of the molecule is CCc1cc(Cl)c2sccc2n1. The molecular weight excluding hydrogens is 190 g/mol. The van der Waals surface area contributed by atoms with Crippen molar-refractivity contribution < 1.29 is 0 Å². The molecule has 0 radical (unpaired) electrons. The van der Waals surface area contributed by atoms with E-state index in [0.717, 1.165) is 27.4 Å². The Morgan fingerprint density at radius 3 is 3.17 bits per heavy atom. The highest BCUT2D eigenvalue weighted by molar-refractivity contribution is 7.17. The molecule has 0 saturated heterocycles. The summed E-state index contributed by atoms with van der Waals surface area (Å²) >= 11 is 7.69. The monoisotopic (exact) mass is 197 g/mol. The maximum atomic E-state index is 6.05. The Bertz CT molecular complexity index is 408. The topological polar surface area (TPSA) is 12.9 Å². The van der Waals surface area contributed by atoms with Gasteiger partial charge in [0.15, 0.2) is 0 Å². The first kappa shape index (κ1) is 8.02. The van der Waals surface area contributed by atoms with Crippen LogP contribution in [-0.2, 0) is 6.42 Å². The second kappa shape index (κ2) is 3.04. The first-order valence-corrected chi connectivity index (χ1v) is 5.09. The quantitative estimate of drug-likeness (QED) is 0.682. The van der Waals surface area contributed by atoms with Gasteiger partial charge in [0.05, 0.1) is 15.2 Å². The minimum Gasteiger partial charge on any atom is -0.252 e. The van der Waals surface area contributed by atoms with Crippen LogP contribution in [0.25, 0.3) is 10.2 Å². The fourth-order valence-electron chi connectivity index (χ4n) is 1.15. The van der Waals surface area contributed by atoms with Crippen LogP contribution in [0.1, 0.15) is 12.6 Å². The molecule has 0 bridgehead atoms. The van der Waals surface area contributed by atoms with Crippen molar-refractivity contribution in [2.75, 3.05) is 0 Å². The van der Waals surface area contributed by atoms with E-state index in [1.165, 1.54) is 0 Å². The average Bonchev–Trinajstić information content (AvgIpc) is 2.52. The zero-order valence-electron chi connectivity index (χ0n) is 6.67. The number of aromatic nitrogens is 1. The Hall–Kier alpha value is -0.600. The summed E-state index contributed by atoms with van der Waals surface area (Å²) in [6.07, 6.45) is 0.936. The maximum Gasteiger partial charge on any atom is 0.0828 e. The van der Waals surface area contributed by atoms with Crippen molar-refractivity contribution in [2.45, 2.75) is 13.3 Å². The van der Waals surface area contributed by atoms with Gasteiger partial charge in [0.2, 0.25) is 0 Å². The predicted octanol–water partition coefficient (Wildman–Crippen LogP) is 3.51. The number of rotatable bonds is 1. The third kappa shape index (κ3) is 1.21. The van der Waals surface area contributed by atoms with E-state index in [4.69, 9.17) is 11.6 Å². The first-order valence-electron chi connectivity index (χ1n) is 3.84. The lowest BCUT2D eigenvalue weighted by Crippen LogP contribution is -1.85. The molecule has 0 aliphatic heterocycles. The largest absolute Gasteiger partial charge is 0.252 e. The lowest BCUT2D eigenvalue weighted by atomic mass is 10.3. The lowest BCUT2D eigenvalue weighted by Gasteiger charge is -1.97. The molecular formula is C9H8ClNS. The van der Waals surface area contributed by atoms with Gasteiger partial charge in [0.1, 0.15) is 0 Å². The third-order valence-corrected chi connectivity index (χ3v) is 3.13. The summed E-state index contributed by atoms with van der Waals surface area (Å²) in [4.78, 5) is 4.44. The Kier molecular flexibility index (Phi) is 2.03. The maximum absolute atomic E-state index is 6.05. The molecule has 1 nitrogen and oxygen atoms in total. The van der Waals surface area contributed by atoms with Crippen LogP contribution in [0.3, 0.4) is 0 Å². The second-order valence-electron chi connectivity index (χ2n) is 2.58. The van der Waals surface area contributed by atoms with Crippen molar-refractivity contribution in [2.24, 2.45) is 0 Å². The van der Waals surface area contributed by atoms with Crippen LogP contribution in [0, 0.1) is 0 Å². The Labute approximate surface area is 80.0 Å². The van der Waals surface area contributed by atoms with Crippen LogP contribution in [-0.4, -0.2) is 4.98 Å². The molecule has 2 aromatic rings. The molecule has 0 unspecified atom stereocenters. The molecule has 0 amide bonds. The van der Waals surface area contributed by atoms with Crippen molar-refractivity contribution in [1.82, 2.24) is 4.98 Å². The molecule has 2 rings (SSSR count). The molecule has 62 valence electrons. The number of nitrogens with zero attached hydrogens (tertiary/aromatic N) is 1. The van der Waals surface area contributed by atoms with Crippen molar-refractivity contribution in [3.8, 4) is 0 Å². The van der Waals surface area contributed by atoms with Gasteiger partial charge in [-0.15, -0.1) is 11.3 Å². The molecule has 0 N–H and O–H groups in total. The van der Waals surface area contributed by atoms with Crippen molar-refractivity contribution >= 4 is 33.2 Å². The Morgan fingerprint density at radius 1 is 1.58 bits per heavy atom. The number of thiophene rings is 1. The molecule has 0 atom stereocenters. The van der Waals surface area contributed by atoms with Gasteiger partial charge in [0, 0.05) is 5.69 Å². The number of pyridine rings is 1. The summed E-state index contributed by atoms with van der Waals surface area (Å²) in [6.45, 7) is 2.08. The van der Waals surface area contributed by atoms with E-state index in [-0.39, 0.29) is 0 Å². The molecule has 0 spiro atoms. The van der Waals surface area contributed by atoms with Crippen LogP contribution in [0.15, 0.2) is 17.5 Å². The average molecular weight is 198 g/mol. The normalized spacial score (nSPS) is 10.8. The van der Waals surface area contributed by atoms with Crippen LogP contribution >= 0.6 is 22.9 Å². The van der Waals surface area contributed by atoms with Gasteiger partial charge in [-0.3, -0.25) is 4.98 Å². The second-order valence-corrected chi connectivity index (χ2v) is 3.91. The molecule has 0 aliphatic rings. The van der Waals surface area contributed by atoms with Crippen LogP contribution in [0.4, 0.5) is 0 Å². The zero-order valence-corrected chi connectivity index (χ0v) is 8.25. The van der Waals surface area contributed by atoms with Crippen LogP contribution in [0.5, 0.6) is 0 Å². The van der Waals surface area contributed by atoms with Crippen LogP contribution < -0.4 is 0 Å². The summed E-state index contributed by atoms with van der Waals surface area (Å²) in [6, 6.07) is 3.95. The molecule has 2 heterocycles. The molecule has 0 aromatic carbocycles. The molecule has 2 aromatic heterocycles. The van der Waals surface area contributed by atoms with Crippen molar-refractivity contribution in [1.29, 1.82) is 0 Å². The number of halogens is 1. The number of fused-ring (bicyclic) bond motifs is 1. The first-order chi connectivity index (χ1) is 5.81. The summed E-state index contributed by atoms with van der Waals surface area (Å²) in [7, 11) is 0. The summed E-state index contributed by atoms with van der Waals surface area (Å²) in [5, 5.41) is 2.84. The van der Waals surface area contributed by atoms with E-state index in [1.807, 2.05) is 17.5 Å². The molecule has 0 fully saturated rings. The smallest absolute Gasteiger partial charge is 0.0828 e. The molecule has 3 heteroatoms. The van der Waals surface area contributed by atoms with Gasteiger partial charge in [-0.2, -0.15) is 0 Å². The summed E-state index contributed by atoms with van der Waals surface area (Å²) in [5.41, 5.74) is 2.08. The van der Waals surface area contributed by atoms with Gasteiger partial charge in [-0.25, -0.2) is 0 Å². The number of hydrogen-bond donors (Lipinski definition) is 0.